The van der Waals surface area contributed by atoms with Crippen LogP contribution in [0.5, 0.6) is 0 Å². The van der Waals surface area contributed by atoms with Gasteiger partial charge in [0, 0.05) is 36.5 Å². The molecule has 4 saturated carbocycles. The number of aliphatic imine (C=N–C) groups is 2. The van der Waals surface area contributed by atoms with Gasteiger partial charge in [0.05, 0.1) is 11.7 Å². The van der Waals surface area contributed by atoms with Gasteiger partial charge in [-0.05, 0) is 93.0 Å². The Morgan fingerprint density at radius 2 is 1.93 bits per heavy atom. The summed E-state index contributed by atoms with van der Waals surface area (Å²) >= 11 is 0. The smallest absolute Gasteiger partial charge is 0.274 e. The van der Waals surface area contributed by atoms with Crippen LogP contribution in [0.1, 0.15) is 82.3 Å². The van der Waals surface area contributed by atoms with Gasteiger partial charge in [-0.1, -0.05) is 19.9 Å². The highest BCUT2D eigenvalue weighted by atomic mass is 16.3. The third-order valence-corrected chi connectivity index (χ3v) is 11.6. The Morgan fingerprint density at radius 1 is 1.12 bits per heavy atom. The Balaban J connectivity index is 1.13. The molecule has 0 aromatic carbocycles. The zero-order valence-corrected chi connectivity index (χ0v) is 23.4. The van der Waals surface area contributed by atoms with Gasteiger partial charge in [-0.2, -0.15) is 5.10 Å². The van der Waals surface area contributed by atoms with Crippen LogP contribution in [-0.4, -0.2) is 73.3 Å². The molecule has 1 aliphatic heterocycles. The van der Waals surface area contributed by atoms with Crippen molar-refractivity contribution in [1.29, 1.82) is 0 Å². The number of hydrazone groups is 1. The van der Waals surface area contributed by atoms with E-state index in [4.69, 9.17) is 0 Å². The number of nitrogens with one attached hydrogen (secondary N) is 2. The number of H-pyrrole nitrogens is 1. The van der Waals surface area contributed by atoms with Crippen LogP contribution in [0.25, 0.3) is 0 Å². The van der Waals surface area contributed by atoms with Crippen LogP contribution in [0.15, 0.2) is 39.6 Å². The minimum Gasteiger partial charge on any atom is -0.393 e. The summed E-state index contributed by atoms with van der Waals surface area (Å²) in [6, 6.07) is 0. The molecule has 5 aliphatic rings. The number of aromatic nitrogens is 2. The van der Waals surface area contributed by atoms with Crippen molar-refractivity contribution in [2.45, 2.75) is 95.2 Å². The summed E-state index contributed by atoms with van der Waals surface area (Å²) in [4.78, 5) is 27.6. The van der Waals surface area contributed by atoms with Gasteiger partial charge in [-0.15, -0.1) is 0 Å². The monoisotopic (exact) mass is 550 g/mol. The lowest BCUT2D eigenvalue weighted by atomic mass is 9.43. The number of carbonyl (C=O) groups excluding carboxylic acids is 1. The minimum atomic E-state index is -1.64. The molecule has 10 heteroatoms. The van der Waals surface area contributed by atoms with Gasteiger partial charge in [0.2, 0.25) is 5.78 Å². The molecule has 1 aromatic rings. The molecule has 1 unspecified atom stereocenters. The van der Waals surface area contributed by atoms with Gasteiger partial charge >= 0.3 is 0 Å². The van der Waals surface area contributed by atoms with Gasteiger partial charge in [-0.25, -0.2) is 15.0 Å². The van der Waals surface area contributed by atoms with Crippen LogP contribution in [0, 0.1) is 34.5 Å². The number of aliphatic hydroxyl groups excluding tert-OH is 2. The van der Waals surface area contributed by atoms with Gasteiger partial charge in [0.15, 0.2) is 11.9 Å². The number of Topliss-reactive ketones (excluding diaryl/α,β-unsaturated/α-hetero) is 1. The van der Waals surface area contributed by atoms with Crippen LogP contribution >= 0.6 is 0 Å². The summed E-state index contributed by atoms with van der Waals surface area (Å²) in [5.41, 5.74) is 2.09. The number of ketones is 1. The number of hydrogen-bond acceptors (Lipinski definition) is 9. The van der Waals surface area contributed by atoms with E-state index in [2.05, 4.69) is 50.4 Å². The Bertz CT molecular complexity index is 1220. The fraction of sp³-hybridized carbons (Fsp3) is 0.700. The predicted molar refractivity (Wildman–Crippen MR) is 152 cm³/mol. The lowest BCUT2D eigenvalue weighted by Gasteiger charge is -2.63. The first-order valence-electron chi connectivity index (χ1n) is 14.8. The van der Waals surface area contributed by atoms with Crippen LogP contribution in [0.4, 0.5) is 0 Å². The van der Waals surface area contributed by atoms with E-state index < -0.39 is 23.3 Å². The number of allylic oxidation sites excluding steroid dienone is 2. The molecule has 4 aliphatic carbocycles. The number of rotatable bonds is 7. The van der Waals surface area contributed by atoms with E-state index in [0.717, 1.165) is 57.8 Å². The van der Waals surface area contributed by atoms with Crippen molar-refractivity contribution in [2.75, 3.05) is 0 Å². The number of imidazole rings is 1. The second-order valence-electron chi connectivity index (χ2n) is 13.2. The summed E-state index contributed by atoms with van der Waals surface area (Å²) in [7, 11) is 0. The largest absolute Gasteiger partial charge is 0.393 e. The number of fused-ring (bicyclic) bond motifs is 5. The van der Waals surface area contributed by atoms with Gasteiger partial charge in [0.1, 0.15) is 0 Å². The van der Waals surface area contributed by atoms with Gasteiger partial charge < -0.3 is 20.3 Å². The highest BCUT2D eigenvalue weighted by Gasteiger charge is 2.66. The molecule has 0 radical (unpaired) electrons. The molecule has 9 atom stereocenters. The lowest BCUT2D eigenvalue weighted by Crippen LogP contribution is -2.62. The molecule has 0 amide bonds. The van der Waals surface area contributed by atoms with Crippen LogP contribution in [0.3, 0.4) is 0 Å². The first-order chi connectivity index (χ1) is 19.1. The standard InChI is InChI=1S/C30H42N6O4/c1-27-10-8-21(37)18-20(27)5-6-23-22(27)9-11-28(2)19(7-12-29(23,28)40)4-3-13-35-36-30(33-16-17-34-30)25(39)24(38)26-31-14-15-32-26/h3-4,13-17,19-23,25,36-37,39-40H,5-12,18H2,1-2H3,(H,31,32)/b4-3+,35-13+/t19-,20+,21-,22-,23+,25?,27-,28+,29-/m0/s1. The highest BCUT2D eigenvalue weighted by molar-refractivity contribution is 6.18. The van der Waals surface area contributed by atoms with Crippen molar-refractivity contribution in [1.82, 2.24) is 15.4 Å². The maximum Gasteiger partial charge on any atom is 0.274 e. The first kappa shape index (κ1) is 27.5. The zero-order valence-electron chi connectivity index (χ0n) is 23.4. The molecule has 0 saturated heterocycles. The highest BCUT2D eigenvalue weighted by Crippen LogP contribution is 2.69. The molecule has 0 bridgehead atoms. The predicted octanol–water partition coefficient (Wildman–Crippen LogP) is 3.03. The molecular weight excluding hydrogens is 508 g/mol. The van der Waals surface area contributed by atoms with Crippen molar-refractivity contribution in [3.05, 3.63) is 30.4 Å². The molecule has 6 rings (SSSR count). The van der Waals surface area contributed by atoms with Crippen molar-refractivity contribution < 1.29 is 20.1 Å². The molecule has 1 aromatic heterocycles. The van der Waals surface area contributed by atoms with Gasteiger partial charge in [0.25, 0.3) is 5.79 Å². The fourth-order valence-electron chi connectivity index (χ4n) is 9.21. The van der Waals surface area contributed by atoms with Gasteiger partial charge in [-0.3, -0.25) is 10.2 Å². The first-order valence-corrected chi connectivity index (χ1v) is 14.8. The molecule has 4 fully saturated rings. The van der Waals surface area contributed by atoms with Crippen molar-refractivity contribution >= 4 is 24.4 Å². The summed E-state index contributed by atoms with van der Waals surface area (Å²) < 4.78 is 0. The van der Waals surface area contributed by atoms with Crippen molar-refractivity contribution in [3.8, 4) is 0 Å². The Kier molecular flexibility index (Phi) is 6.86. The SMILES string of the molecule is C[C@]12CC[C@H](O)C[C@H]1CC[C@@H]1[C@@H]2CC[C@]2(C)[C@@H](/C=C/C=N/NC3(C(O)C(=O)c4ncc[nH]4)N=CC=N3)CC[C@]12O. The Morgan fingerprint density at radius 3 is 2.67 bits per heavy atom. The number of aromatic amines is 1. The molecule has 0 spiro atoms. The molecular formula is C30H42N6O4. The van der Waals surface area contributed by atoms with Crippen molar-refractivity contribution in [3.63, 3.8) is 0 Å². The van der Waals surface area contributed by atoms with E-state index in [0.29, 0.717) is 17.8 Å². The second kappa shape index (κ2) is 9.99. The normalized spacial score (nSPS) is 42.6. The number of aliphatic hydroxyl groups is 3. The lowest BCUT2D eigenvalue weighted by molar-refractivity contribution is -0.207. The number of nitrogens with zero attached hydrogens (tertiary/aromatic N) is 4. The Labute approximate surface area is 235 Å². The molecule has 40 heavy (non-hydrogen) atoms. The number of carbonyl (C=O) groups is 1. The van der Waals surface area contributed by atoms with E-state index in [-0.39, 0.29) is 28.7 Å². The molecule has 216 valence electrons. The van der Waals surface area contributed by atoms with Crippen LogP contribution in [-0.2, 0) is 0 Å². The zero-order chi connectivity index (χ0) is 28.2. The Hall–Kier alpha value is -2.69. The molecule has 5 N–H and O–H groups in total. The van der Waals surface area contributed by atoms with Crippen LogP contribution < -0.4 is 5.43 Å². The third-order valence-electron chi connectivity index (χ3n) is 11.6. The van der Waals surface area contributed by atoms with E-state index in [1.54, 1.807) is 6.21 Å². The molecule has 10 nitrogen and oxygen atoms in total. The summed E-state index contributed by atoms with van der Waals surface area (Å²) in [6.07, 6.45) is 18.5. The topological polar surface area (TPSA) is 156 Å². The summed E-state index contributed by atoms with van der Waals surface area (Å²) in [5.74, 6) is -0.638. The maximum atomic E-state index is 12.6. The average molecular weight is 551 g/mol. The van der Waals surface area contributed by atoms with Crippen molar-refractivity contribution in [2.24, 2.45) is 49.6 Å². The fourth-order valence-corrected chi connectivity index (χ4v) is 9.21. The molecule has 2 heterocycles. The number of hydrogen-bond donors (Lipinski definition) is 5. The van der Waals surface area contributed by atoms with Crippen LogP contribution in [0.2, 0.25) is 0 Å². The average Bonchev–Trinajstić information content (AvgIpc) is 3.69. The van der Waals surface area contributed by atoms with E-state index in [1.807, 2.05) is 6.08 Å². The summed E-state index contributed by atoms with van der Waals surface area (Å²) in [6.45, 7) is 4.71. The third kappa shape index (κ3) is 4.13. The summed E-state index contributed by atoms with van der Waals surface area (Å²) in [5, 5.41) is 37.6. The van der Waals surface area contributed by atoms with E-state index in [9.17, 15) is 20.1 Å². The van der Waals surface area contributed by atoms with E-state index in [1.165, 1.54) is 24.8 Å². The minimum absolute atomic E-state index is 0.0232. The second-order valence-corrected chi connectivity index (χ2v) is 13.2. The van der Waals surface area contributed by atoms with E-state index >= 15 is 0 Å². The quantitative estimate of drug-likeness (QED) is 0.200. The maximum absolute atomic E-state index is 12.6.